The zero-order valence-corrected chi connectivity index (χ0v) is 23.5. The van der Waals surface area contributed by atoms with Gasteiger partial charge in [-0.2, -0.15) is 0 Å². The molecule has 0 aromatic heterocycles. The van der Waals surface area contributed by atoms with Crippen molar-refractivity contribution >= 4 is 6.29 Å². The molecule has 0 unspecified atom stereocenters. The summed E-state index contributed by atoms with van der Waals surface area (Å²) < 4.78 is 32.0. The number of ether oxygens (including phenoxy) is 6. The Morgan fingerprint density at radius 3 is 1.40 bits per heavy atom. The van der Waals surface area contributed by atoms with Crippen LogP contribution in [-0.2, 0) is 33.2 Å². The van der Waals surface area contributed by atoms with Gasteiger partial charge in [0.1, 0.15) is 97.7 Å². The van der Waals surface area contributed by atoms with Crippen molar-refractivity contribution in [3.05, 3.63) is 0 Å². The summed E-state index contributed by atoms with van der Waals surface area (Å²) in [4.78, 5) is 10.9. The minimum atomic E-state index is -2.14. The second-order valence-corrected chi connectivity index (χ2v) is 10.9. The van der Waals surface area contributed by atoms with Crippen molar-refractivity contribution in [3.63, 3.8) is 0 Å². The first-order chi connectivity index (χ1) is 21.2. The van der Waals surface area contributed by atoms with Crippen molar-refractivity contribution in [2.24, 2.45) is 0 Å². The summed E-state index contributed by atoms with van der Waals surface area (Å²) in [7, 11) is 0. The zero-order valence-electron chi connectivity index (χ0n) is 23.5. The molecule has 3 heterocycles. The van der Waals surface area contributed by atoms with Crippen LogP contribution in [0.5, 0.6) is 0 Å². The lowest BCUT2D eigenvalue weighted by Gasteiger charge is -2.44. The Kier molecular flexibility index (Phi) is 14.3. The number of hydrogen-bond donors (Lipinski definition) is 14. The molecule has 3 fully saturated rings. The molecule has 0 aromatic rings. The van der Waals surface area contributed by atoms with E-state index in [9.17, 15) is 76.3 Å². The molecule has 0 saturated carbocycles. The van der Waals surface area contributed by atoms with Crippen LogP contribution in [0.4, 0.5) is 0 Å². The monoisotopic (exact) mass is 666 g/mol. The fourth-order valence-corrected chi connectivity index (χ4v) is 4.88. The number of aliphatic hydroxyl groups is 14. The molecule has 3 rings (SSSR count). The molecule has 21 heteroatoms. The Hall–Kier alpha value is -1.13. The zero-order chi connectivity index (χ0) is 33.7. The van der Waals surface area contributed by atoms with Gasteiger partial charge in [0, 0.05) is 0 Å². The van der Waals surface area contributed by atoms with E-state index in [0.717, 1.165) is 0 Å². The highest BCUT2D eigenvalue weighted by Crippen LogP contribution is 2.29. The molecule has 19 atom stereocenters. The van der Waals surface area contributed by atoms with Crippen LogP contribution in [0.2, 0.25) is 0 Å². The van der Waals surface area contributed by atoms with Crippen LogP contribution in [-0.4, -0.2) is 221 Å². The topological polar surface area (TPSA) is 356 Å². The van der Waals surface area contributed by atoms with Crippen molar-refractivity contribution in [2.45, 2.75) is 117 Å². The van der Waals surface area contributed by atoms with Gasteiger partial charge in [-0.3, -0.25) is 0 Å². The Morgan fingerprint density at radius 1 is 0.578 bits per heavy atom. The maximum Gasteiger partial charge on any atom is 0.187 e. The number of aliphatic hydroxyl groups excluding tert-OH is 14. The van der Waals surface area contributed by atoms with E-state index in [-0.39, 0.29) is 6.29 Å². The molecule has 0 aromatic carbocycles. The predicted octanol–water partition coefficient (Wildman–Crippen LogP) is -9.91. The molecule has 3 aliphatic rings. The molecule has 21 nitrogen and oxygen atoms in total. The van der Waals surface area contributed by atoms with Crippen molar-refractivity contribution in [2.75, 3.05) is 26.4 Å². The Bertz CT molecular complexity index is 899. The minimum Gasteiger partial charge on any atom is -0.394 e. The van der Waals surface area contributed by atoms with Crippen LogP contribution in [0.15, 0.2) is 0 Å². The van der Waals surface area contributed by atoms with E-state index < -0.39 is 143 Å². The van der Waals surface area contributed by atoms with Crippen molar-refractivity contribution in [3.8, 4) is 0 Å². The summed E-state index contributed by atoms with van der Waals surface area (Å²) in [6, 6.07) is 0. The third kappa shape index (κ3) is 8.67. The van der Waals surface area contributed by atoms with Crippen LogP contribution in [0.3, 0.4) is 0 Å². The first-order valence-electron chi connectivity index (χ1n) is 13.9. The fraction of sp³-hybridized carbons (Fsp3) is 0.958. The first-order valence-corrected chi connectivity index (χ1v) is 13.9. The highest BCUT2D eigenvalue weighted by Gasteiger charge is 2.50. The summed E-state index contributed by atoms with van der Waals surface area (Å²) in [5, 5.41) is 141. The van der Waals surface area contributed by atoms with Gasteiger partial charge in [-0.15, -0.1) is 0 Å². The average Bonchev–Trinajstić information content (AvgIpc) is 3.04. The third-order valence-corrected chi connectivity index (χ3v) is 7.72. The van der Waals surface area contributed by atoms with Crippen LogP contribution >= 0.6 is 0 Å². The van der Waals surface area contributed by atoms with Crippen LogP contribution < -0.4 is 0 Å². The van der Waals surface area contributed by atoms with Crippen molar-refractivity contribution in [1.82, 2.24) is 0 Å². The number of rotatable bonds is 14. The van der Waals surface area contributed by atoms with Gasteiger partial charge in [0.05, 0.1) is 26.4 Å². The van der Waals surface area contributed by atoms with Gasteiger partial charge in [-0.25, -0.2) is 0 Å². The van der Waals surface area contributed by atoms with Gasteiger partial charge in [0.15, 0.2) is 25.2 Å². The molecule has 14 N–H and O–H groups in total. The summed E-state index contributed by atoms with van der Waals surface area (Å²) in [6.45, 7) is -3.23. The minimum absolute atomic E-state index is 0.0957. The molecular weight excluding hydrogens is 624 g/mol. The molecule has 3 aliphatic heterocycles. The van der Waals surface area contributed by atoms with E-state index in [1.165, 1.54) is 0 Å². The standard InChI is InChI=1S/C24H42O21/c25-1-6(28)11(30)21(7(29)2-26)45-24-20(39)17(36)14(33)10(44-24)5-41-23-19(38)16(35)13(32)9(43-23)4-40-22-18(37)15(34)12(31)8(3-27)42-22/h1,6-24,26-39H,2-5H2/t6-,7+,8+,9+,10+,11+,12-,13-,14-,15-,16-,17-,18+,19+,20+,21+,22+,23+,24-/m0/s1. The molecule has 264 valence electrons. The first kappa shape index (κ1) is 38.3. The highest BCUT2D eigenvalue weighted by atomic mass is 16.7. The smallest absolute Gasteiger partial charge is 0.187 e. The van der Waals surface area contributed by atoms with Gasteiger partial charge in [-0.1, -0.05) is 0 Å². The van der Waals surface area contributed by atoms with Gasteiger partial charge in [0.25, 0.3) is 0 Å². The van der Waals surface area contributed by atoms with Gasteiger partial charge >= 0.3 is 0 Å². The summed E-state index contributed by atoms with van der Waals surface area (Å²) in [6.07, 6.45) is -34.8. The van der Waals surface area contributed by atoms with Crippen molar-refractivity contribution < 1.29 is 105 Å². The normalized spacial score (nSPS) is 45.4. The van der Waals surface area contributed by atoms with E-state index in [1.54, 1.807) is 0 Å². The molecule has 0 spiro atoms. The number of carbonyl (C=O) groups excluding carboxylic acids is 1. The lowest BCUT2D eigenvalue weighted by Crippen LogP contribution is -2.63. The maximum atomic E-state index is 10.9. The number of aldehydes is 1. The maximum absolute atomic E-state index is 10.9. The molecule has 0 aliphatic carbocycles. The Labute approximate surface area is 254 Å². The van der Waals surface area contributed by atoms with Gasteiger partial charge in [0.2, 0.25) is 0 Å². The molecule has 3 saturated heterocycles. The highest BCUT2D eigenvalue weighted by molar-refractivity contribution is 5.56. The van der Waals surface area contributed by atoms with E-state index in [2.05, 4.69) is 0 Å². The lowest BCUT2D eigenvalue weighted by atomic mass is 9.97. The predicted molar refractivity (Wildman–Crippen MR) is 135 cm³/mol. The second kappa shape index (κ2) is 16.8. The van der Waals surface area contributed by atoms with E-state index in [0.29, 0.717) is 0 Å². The van der Waals surface area contributed by atoms with E-state index >= 15 is 0 Å². The third-order valence-electron chi connectivity index (χ3n) is 7.72. The molecular formula is C24H42O21. The Morgan fingerprint density at radius 2 is 0.978 bits per heavy atom. The fourth-order valence-electron chi connectivity index (χ4n) is 4.88. The summed E-state index contributed by atoms with van der Waals surface area (Å²) in [5.41, 5.74) is 0. The lowest BCUT2D eigenvalue weighted by molar-refractivity contribution is -0.349. The molecule has 0 amide bonds. The average molecular weight is 667 g/mol. The van der Waals surface area contributed by atoms with Gasteiger partial charge < -0.3 is 105 Å². The van der Waals surface area contributed by atoms with E-state index in [1.807, 2.05) is 0 Å². The molecule has 45 heavy (non-hydrogen) atoms. The summed E-state index contributed by atoms with van der Waals surface area (Å²) >= 11 is 0. The summed E-state index contributed by atoms with van der Waals surface area (Å²) in [5.74, 6) is 0. The van der Waals surface area contributed by atoms with Crippen LogP contribution in [0.1, 0.15) is 0 Å². The van der Waals surface area contributed by atoms with Crippen LogP contribution in [0.25, 0.3) is 0 Å². The Balaban J connectivity index is 1.65. The molecule has 0 bridgehead atoms. The number of carbonyl (C=O) groups is 1. The van der Waals surface area contributed by atoms with Crippen LogP contribution in [0, 0.1) is 0 Å². The quantitative estimate of drug-likeness (QED) is 0.0765. The number of hydrogen-bond acceptors (Lipinski definition) is 21. The van der Waals surface area contributed by atoms with Gasteiger partial charge in [-0.05, 0) is 0 Å². The molecule has 0 radical (unpaired) electrons. The van der Waals surface area contributed by atoms with Crippen molar-refractivity contribution in [1.29, 1.82) is 0 Å². The SMILES string of the molecule is O=C[C@H](O)[C@@H](O)[C@H](O[C@@H]1O[C@H](CO[C@@H]2O[C@H](CO[C@@H]3O[C@H](CO)[C@H](O)[C@H](O)[C@H]3O)[C@H](O)[C@H](O)[C@H]2O)[C@H](O)[C@H](O)[C@H]1O)[C@H](O)CO. The van der Waals surface area contributed by atoms with E-state index in [4.69, 9.17) is 28.4 Å². The second-order valence-electron chi connectivity index (χ2n) is 10.9. The largest absolute Gasteiger partial charge is 0.394 e.